The van der Waals surface area contributed by atoms with Gasteiger partial charge in [0, 0.05) is 5.70 Å². The molecule has 2 N–H and O–H groups in total. The molecule has 0 aromatic carbocycles. The van der Waals surface area contributed by atoms with Crippen LogP contribution in [0, 0.1) is 5.92 Å². The Bertz CT molecular complexity index is 211. The SMILES string of the molecule is C=C1CC(=C(N)C2CCC2)C1. The predicted octanol–water partition coefficient (Wildman–Crippen LogP) is 2.35. The first-order valence-corrected chi connectivity index (χ1v) is 4.41. The van der Waals surface area contributed by atoms with Crippen LogP contribution in [0.5, 0.6) is 0 Å². The molecule has 11 heavy (non-hydrogen) atoms. The zero-order valence-electron chi connectivity index (χ0n) is 6.90. The van der Waals surface area contributed by atoms with E-state index in [1.165, 1.54) is 36.1 Å². The van der Waals surface area contributed by atoms with Crippen molar-refractivity contribution in [1.29, 1.82) is 0 Å². The van der Waals surface area contributed by atoms with E-state index in [4.69, 9.17) is 5.73 Å². The van der Waals surface area contributed by atoms with Gasteiger partial charge in [-0.15, -0.1) is 0 Å². The molecule has 1 heteroatoms. The second-order valence-corrected chi connectivity index (χ2v) is 3.79. The minimum atomic E-state index is 0.734. The zero-order chi connectivity index (χ0) is 7.84. The van der Waals surface area contributed by atoms with E-state index in [1.807, 2.05) is 0 Å². The largest absolute Gasteiger partial charge is 0.402 e. The standard InChI is InChI=1S/C10H15N/c1-7-5-9(6-7)10(11)8-3-2-4-8/h8H,1-6,11H2. The number of allylic oxidation sites excluding steroid dienone is 3. The minimum absolute atomic E-state index is 0.734. The molecule has 1 nitrogen and oxygen atoms in total. The lowest BCUT2D eigenvalue weighted by atomic mass is 9.76. The van der Waals surface area contributed by atoms with Crippen molar-refractivity contribution in [1.82, 2.24) is 0 Å². The van der Waals surface area contributed by atoms with E-state index < -0.39 is 0 Å². The van der Waals surface area contributed by atoms with Crippen LogP contribution in [0.15, 0.2) is 23.4 Å². The molecule has 0 saturated heterocycles. The number of hydrogen-bond donors (Lipinski definition) is 1. The summed E-state index contributed by atoms with van der Waals surface area (Å²) in [6.45, 7) is 3.91. The molecule has 2 aliphatic carbocycles. The first-order valence-electron chi connectivity index (χ1n) is 4.41. The highest BCUT2D eigenvalue weighted by molar-refractivity contribution is 5.34. The van der Waals surface area contributed by atoms with E-state index in [0.717, 1.165) is 18.8 Å². The number of hydrogen-bond acceptors (Lipinski definition) is 1. The molecule has 60 valence electrons. The number of nitrogens with two attached hydrogens (primary N) is 1. The van der Waals surface area contributed by atoms with Gasteiger partial charge in [0.25, 0.3) is 0 Å². The van der Waals surface area contributed by atoms with Crippen molar-refractivity contribution >= 4 is 0 Å². The van der Waals surface area contributed by atoms with Crippen LogP contribution in [0.1, 0.15) is 32.1 Å². The van der Waals surface area contributed by atoms with Crippen LogP contribution in [0.25, 0.3) is 0 Å². The van der Waals surface area contributed by atoms with Gasteiger partial charge in [-0.25, -0.2) is 0 Å². The third-order valence-corrected chi connectivity index (χ3v) is 2.88. The van der Waals surface area contributed by atoms with Gasteiger partial charge in [0.1, 0.15) is 0 Å². The highest BCUT2D eigenvalue weighted by Crippen LogP contribution is 2.39. The molecule has 2 fully saturated rings. The summed E-state index contributed by atoms with van der Waals surface area (Å²) < 4.78 is 0. The topological polar surface area (TPSA) is 26.0 Å². The third kappa shape index (κ3) is 1.09. The lowest BCUT2D eigenvalue weighted by Crippen LogP contribution is -2.23. The van der Waals surface area contributed by atoms with Crippen molar-refractivity contribution in [3.63, 3.8) is 0 Å². The lowest BCUT2D eigenvalue weighted by Gasteiger charge is -2.31. The molecule has 2 rings (SSSR count). The van der Waals surface area contributed by atoms with E-state index in [0.29, 0.717) is 0 Å². The first kappa shape index (κ1) is 6.96. The Balaban J connectivity index is 2.02. The summed E-state index contributed by atoms with van der Waals surface area (Å²) in [6, 6.07) is 0. The van der Waals surface area contributed by atoms with Gasteiger partial charge in [-0.05, 0) is 37.2 Å². The fourth-order valence-electron chi connectivity index (χ4n) is 1.76. The second kappa shape index (κ2) is 2.40. The Morgan fingerprint density at radius 3 is 2.36 bits per heavy atom. The van der Waals surface area contributed by atoms with E-state index in [-0.39, 0.29) is 0 Å². The molecular formula is C10H15N. The van der Waals surface area contributed by atoms with Crippen LogP contribution in [-0.4, -0.2) is 0 Å². The van der Waals surface area contributed by atoms with E-state index in [1.54, 1.807) is 0 Å². The van der Waals surface area contributed by atoms with E-state index >= 15 is 0 Å². The van der Waals surface area contributed by atoms with Gasteiger partial charge in [-0.2, -0.15) is 0 Å². The zero-order valence-corrected chi connectivity index (χ0v) is 6.90. The fourth-order valence-corrected chi connectivity index (χ4v) is 1.76. The van der Waals surface area contributed by atoms with Gasteiger partial charge < -0.3 is 5.73 Å². The summed E-state index contributed by atoms with van der Waals surface area (Å²) in [4.78, 5) is 0. The van der Waals surface area contributed by atoms with Crippen LogP contribution >= 0.6 is 0 Å². The quantitative estimate of drug-likeness (QED) is 0.569. The minimum Gasteiger partial charge on any atom is -0.402 e. The van der Waals surface area contributed by atoms with Crippen LogP contribution in [0.4, 0.5) is 0 Å². The third-order valence-electron chi connectivity index (χ3n) is 2.88. The molecule has 0 heterocycles. The van der Waals surface area contributed by atoms with Crippen LogP contribution in [0.3, 0.4) is 0 Å². The number of rotatable bonds is 1. The molecular weight excluding hydrogens is 134 g/mol. The van der Waals surface area contributed by atoms with E-state index in [9.17, 15) is 0 Å². The predicted molar refractivity (Wildman–Crippen MR) is 46.9 cm³/mol. The van der Waals surface area contributed by atoms with Crippen molar-refractivity contribution in [2.75, 3.05) is 0 Å². The second-order valence-electron chi connectivity index (χ2n) is 3.79. The summed E-state index contributed by atoms with van der Waals surface area (Å²) in [5.41, 5.74) is 10.0. The molecule has 0 atom stereocenters. The van der Waals surface area contributed by atoms with Crippen molar-refractivity contribution in [3.05, 3.63) is 23.4 Å². The normalized spacial score (nSPS) is 24.4. The smallest absolute Gasteiger partial charge is 0.0110 e. The van der Waals surface area contributed by atoms with Crippen molar-refractivity contribution in [2.24, 2.45) is 11.7 Å². The molecule has 2 saturated carbocycles. The maximum atomic E-state index is 5.98. The fraction of sp³-hybridized carbons (Fsp3) is 0.600. The summed E-state index contributed by atoms with van der Waals surface area (Å²) >= 11 is 0. The summed E-state index contributed by atoms with van der Waals surface area (Å²) in [5.74, 6) is 0.734. The van der Waals surface area contributed by atoms with Gasteiger partial charge in [0.05, 0.1) is 0 Å². The molecule has 0 unspecified atom stereocenters. The monoisotopic (exact) mass is 149 g/mol. The average Bonchev–Trinajstić information content (AvgIpc) is 1.76. The van der Waals surface area contributed by atoms with E-state index in [2.05, 4.69) is 6.58 Å². The van der Waals surface area contributed by atoms with Gasteiger partial charge in [-0.3, -0.25) is 0 Å². The molecule has 0 aliphatic heterocycles. The van der Waals surface area contributed by atoms with Crippen molar-refractivity contribution in [3.8, 4) is 0 Å². The van der Waals surface area contributed by atoms with Crippen molar-refractivity contribution in [2.45, 2.75) is 32.1 Å². The van der Waals surface area contributed by atoms with Crippen LogP contribution in [0.2, 0.25) is 0 Å². The average molecular weight is 149 g/mol. The van der Waals surface area contributed by atoms with Crippen molar-refractivity contribution < 1.29 is 0 Å². The first-order chi connectivity index (χ1) is 5.27. The Morgan fingerprint density at radius 1 is 1.36 bits per heavy atom. The molecule has 0 bridgehead atoms. The highest BCUT2D eigenvalue weighted by atomic mass is 14.6. The molecule has 0 aromatic heterocycles. The lowest BCUT2D eigenvalue weighted by molar-refractivity contribution is 0.359. The summed E-state index contributed by atoms with van der Waals surface area (Å²) in [6.07, 6.45) is 6.19. The Labute approximate surface area is 68.0 Å². The van der Waals surface area contributed by atoms with Gasteiger partial charge in [-0.1, -0.05) is 18.6 Å². The Kier molecular flexibility index (Phi) is 1.52. The molecule has 0 spiro atoms. The molecule has 0 radical (unpaired) electrons. The molecule has 0 aromatic rings. The Hall–Kier alpha value is -0.720. The molecule has 0 amide bonds. The molecule has 2 aliphatic rings. The Morgan fingerprint density at radius 2 is 2.00 bits per heavy atom. The van der Waals surface area contributed by atoms with Crippen LogP contribution in [-0.2, 0) is 0 Å². The maximum Gasteiger partial charge on any atom is 0.0110 e. The van der Waals surface area contributed by atoms with Gasteiger partial charge >= 0.3 is 0 Å². The van der Waals surface area contributed by atoms with Crippen LogP contribution < -0.4 is 5.73 Å². The highest BCUT2D eigenvalue weighted by Gasteiger charge is 2.25. The van der Waals surface area contributed by atoms with Gasteiger partial charge in [0.2, 0.25) is 0 Å². The summed E-state index contributed by atoms with van der Waals surface area (Å²) in [7, 11) is 0. The summed E-state index contributed by atoms with van der Waals surface area (Å²) in [5, 5.41) is 0. The van der Waals surface area contributed by atoms with Gasteiger partial charge in [0.15, 0.2) is 0 Å². The maximum absolute atomic E-state index is 5.98.